The topological polar surface area (TPSA) is 49.3 Å². The van der Waals surface area contributed by atoms with Gasteiger partial charge in [-0.2, -0.15) is 0 Å². The smallest absolute Gasteiger partial charge is 0.220 e. The van der Waals surface area contributed by atoms with Gasteiger partial charge in [-0.15, -0.1) is 0 Å². The van der Waals surface area contributed by atoms with Gasteiger partial charge < -0.3 is 14.9 Å². The molecular weight excluding hydrogens is 432 g/mol. The molecule has 0 heterocycles. The number of quaternary nitrogens is 1. The summed E-state index contributed by atoms with van der Waals surface area (Å²) >= 11 is 0. The van der Waals surface area contributed by atoms with E-state index in [-0.39, 0.29) is 12.0 Å². The normalized spacial score (nSPS) is 42.0. The van der Waals surface area contributed by atoms with Gasteiger partial charge in [0, 0.05) is 19.4 Å². The number of aliphatic hydroxyl groups excluding tert-OH is 1. The summed E-state index contributed by atoms with van der Waals surface area (Å²) in [5, 5.41) is 13.5. The van der Waals surface area contributed by atoms with Crippen LogP contribution in [0, 0.1) is 46.3 Å². The first-order chi connectivity index (χ1) is 16.5. The predicted molar refractivity (Wildman–Crippen MR) is 145 cm³/mol. The minimum Gasteiger partial charge on any atom is -0.393 e. The van der Waals surface area contributed by atoms with Crippen LogP contribution in [-0.4, -0.2) is 55.3 Å². The molecular formula is C31H57N2O2+. The maximum atomic E-state index is 12.6. The number of carbonyl (C=O) groups excluding carboxylic acids is 1. The van der Waals surface area contributed by atoms with E-state index in [1.54, 1.807) is 0 Å². The number of hydrogen-bond donors (Lipinski definition) is 2. The molecule has 0 saturated heterocycles. The van der Waals surface area contributed by atoms with E-state index in [2.05, 4.69) is 47.1 Å². The molecule has 4 saturated carbocycles. The lowest BCUT2D eigenvalue weighted by Gasteiger charge is -2.61. The second-order valence-electron chi connectivity index (χ2n) is 14.5. The summed E-state index contributed by atoms with van der Waals surface area (Å²) in [4.78, 5) is 12.6. The van der Waals surface area contributed by atoms with E-state index in [4.69, 9.17) is 0 Å². The van der Waals surface area contributed by atoms with E-state index < -0.39 is 0 Å². The lowest BCUT2D eigenvalue weighted by Crippen LogP contribution is -2.54. The molecule has 0 bridgehead atoms. The van der Waals surface area contributed by atoms with Gasteiger partial charge in [-0.25, -0.2) is 0 Å². The highest BCUT2D eigenvalue weighted by atomic mass is 16.3. The number of carbonyl (C=O) groups is 1. The summed E-state index contributed by atoms with van der Waals surface area (Å²) in [5.41, 5.74) is 0.939. The summed E-state index contributed by atoms with van der Waals surface area (Å²) in [6.07, 6.45) is 14.4. The molecule has 0 aromatic heterocycles. The Morgan fingerprint density at radius 3 is 2.49 bits per heavy atom. The maximum absolute atomic E-state index is 12.6. The van der Waals surface area contributed by atoms with E-state index in [9.17, 15) is 9.90 Å². The van der Waals surface area contributed by atoms with Crippen LogP contribution in [0.15, 0.2) is 0 Å². The number of nitrogens with one attached hydrogen (secondary N) is 1. The Kier molecular flexibility index (Phi) is 8.33. The Morgan fingerprint density at radius 2 is 1.74 bits per heavy atom. The number of hydrogen-bond acceptors (Lipinski definition) is 2. The zero-order chi connectivity index (χ0) is 25.4. The zero-order valence-electron chi connectivity index (χ0n) is 24.0. The van der Waals surface area contributed by atoms with Gasteiger partial charge in [-0.3, -0.25) is 4.79 Å². The van der Waals surface area contributed by atoms with Crippen molar-refractivity contribution in [1.29, 1.82) is 0 Å². The molecule has 0 spiro atoms. The number of aliphatic hydroxyl groups is 1. The van der Waals surface area contributed by atoms with Crippen molar-refractivity contribution in [3.63, 3.8) is 0 Å². The van der Waals surface area contributed by atoms with Crippen LogP contribution in [0.5, 0.6) is 0 Å². The number of amides is 1. The lowest BCUT2D eigenvalue weighted by molar-refractivity contribution is -0.888. The fourth-order valence-corrected chi connectivity index (χ4v) is 9.75. The average molecular weight is 490 g/mol. The average Bonchev–Trinajstić information content (AvgIpc) is 3.18. The molecule has 4 nitrogen and oxygen atoms in total. The SMILES string of the molecule is CC[N+](C)(C)CCCNC(=O)CCC(C)[C@H]1CCC2C3CCC4C[C@H](O)CC[C@]4(C)C3CC[C@@]21C. The van der Waals surface area contributed by atoms with Crippen molar-refractivity contribution in [1.82, 2.24) is 5.32 Å². The number of fused-ring (bicyclic) bond motifs is 5. The quantitative estimate of drug-likeness (QED) is 0.307. The lowest BCUT2D eigenvalue weighted by atomic mass is 9.44. The fourth-order valence-electron chi connectivity index (χ4n) is 9.75. The van der Waals surface area contributed by atoms with Crippen LogP contribution >= 0.6 is 0 Å². The first-order valence-corrected chi connectivity index (χ1v) is 15.3. The van der Waals surface area contributed by atoms with Crippen LogP contribution in [0.1, 0.15) is 105 Å². The molecule has 5 unspecified atom stereocenters. The Bertz CT molecular complexity index is 737. The third-order valence-electron chi connectivity index (χ3n) is 12.3. The standard InChI is InChI=1S/C31H56N2O2/c1-7-33(5,6)20-8-19-32-29(35)14-9-22(2)26-12-13-27-25-11-10-23-21-24(34)15-17-30(23,3)28(25)16-18-31(26,27)4/h22-28,34H,7-21H2,1-6H3/p+1/t22?,23?,24-,25?,26-,27?,28?,30+,31-/m1/s1. The Balaban J connectivity index is 1.29. The van der Waals surface area contributed by atoms with E-state index in [0.29, 0.717) is 23.2 Å². The maximum Gasteiger partial charge on any atom is 0.220 e. The molecule has 2 N–H and O–H groups in total. The second kappa shape index (κ2) is 10.6. The Morgan fingerprint density at radius 1 is 1.03 bits per heavy atom. The first kappa shape index (κ1) is 27.4. The molecule has 4 rings (SSSR count). The summed E-state index contributed by atoms with van der Waals surface area (Å²) in [5.74, 6) is 5.08. The van der Waals surface area contributed by atoms with Gasteiger partial charge in [0.15, 0.2) is 0 Å². The van der Waals surface area contributed by atoms with Gasteiger partial charge >= 0.3 is 0 Å². The number of rotatable bonds is 9. The van der Waals surface area contributed by atoms with Gasteiger partial charge in [0.25, 0.3) is 0 Å². The molecule has 0 radical (unpaired) electrons. The summed E-state index contributed by atoms with van der Waals surface area (Å²) < 4.78 is 1.03. The van der Waals surface area contributed by atoms with Crippen molar-refractivity contribution in [3.8, 4) is 0 Å². The van der Waals surface area contributed by atoms with Crippen LogP contribution < -0.4 is 5.32 Å². The molecule has 0 aromatic carbocycles. The van der Waals surface area contributed by atoms with Gasteiger partial charge in [0.1, 0.15) is 0 Å². The van der Waals surface area contributed by atoms with Crippen LogP contribution in [0.2, 0.25) is 0 Å². The van der Waals surface area contributed by atoms with Crippen molar-refractivity contribution >= 4 is 5.91 Å². The van der Waals surface area contributed by atoms with Gasteiger partial charge in [-0.05, 0) is 117 Å². The van der Waals surface area contributed by atoms with Crippen LogP contribution in [0.4, 0.5) is 0 Å². The molecule has 4 aliphatic carbocycles. The third-order valence-corrected chi connectivity index (χ3v) is 12.3. The van der Waals surface area contributed by atoms with E-state index in [1.165, 1.54) is 44.9 Å². The fraction of sp³-hybridized carbons (Fsp3) is 0.968. The van der Waals surface area contributed by atoms with Gasteiger partial charge in [0.2, 0.25) is 5.91 Å². The molecule has 0 aliphatic heterocycles. The predicted octanol–water partition coefficient (Wildman–Crippen LogP) is 6.03. The zero-order valence-corrected chi connectivity index (χ0v) is 24.0. The summed E-state index contributed by atoms with van der Waals surface area (Å²) in [6.45, 7) is 13.0. The molecule has 35 heavy (non-hydrogen) atoms. The molecule has 0 aromatic rings. The van der Waals surface area contributed by atoms with Crippen molar-refractivity contribution < 1.29 is 14.4 Å². The molecule has 4 fully saturated rings. The Hall–Kier alpha value is -0.610. The van der Waals surface area contributed by atoms with Crippen molar-refractivity contribution in [2.24, 2.45) is 46.3 Å². The van der Waals surface area contributed by atoms with E-state index in [1.807, 2.05) is 0 Å². The van der Waals surface area contributed by atoms with Gasteiger partial charge in [-0.1, -0.05) is 20.8 Å². The largest absolute Gasteiger partial charge is 0.393 e. The van der Waals surface area contributed by atoms with Crippen LogP contribution in [-0.2, 0) is 4.79 Å². The minimum absolute atomic E-state index is 0.0465. The number of nitrogens with zero attached hydrogens (tertiary/aromatic N) is 1. The minimum atomic E-state index is -0.0465. The van der Waals surface area contributed by atoms with E-state index >= 15 is 0 Å². The monoisotopic (exact) mass is 489 g/mol. The molecule has 9 atom stereocenters. The summed E-state index contributed by atoms with van der Waals surface area (Å²) in [6, 6.07) is 0. The highest BCUT2D eigenvalue weighted by Gasteiger charge is 2.60. The highest BCUT2D eigenvalue weighted by molar-refractivity contribution is 5.75. The van der Waals surface area contributed by atoms with E-state index in [0.717, 1.165) is 79.4 Å². The van der Waals surface area contributed by atoms with Crippen LogP contribution in [0.25, 0.3) is 0 Å². The molecule has 4 heteroatoms. The third kappa shape index (κ3) is 5.49. The molecule has 4 aliphatic rings. The van der Waals surface area contributed by atoms with Crippen molar-refractivity contribution in [3.05, 3.63) is 0 Å². The molecule has 202 valence electrons. The first-order valence-electron chi connectivity index (χ1n) is 15.3. The van der Waals surface area contributed by atoms with Gasteiger partial charge in [0.05, 0.1) is 33.3 Å². The van der Waals surface area contributed by atoms with Crippen molar-refractivity contribution in [2.75, 3.05) is 33.7 Å². The van der Waals surface area contributed by atoms with Crippen molar-refractivity contribution in [2.45, 2.75) is 111 Å². The van der Waals surface area contributed by atoms with Crippen LogP contribution in [0.3, 0.4) is 0 Å². The molecule has 1 amide bonds. The second-order valence-corrected chi connectivity index (χ2v) is 14.5. The summed E-state index contributed by atoms with van der Waals surface area (Å²) in [7, 11) is 4.52. The highest BCUT2D eigenvalue weighted by Crippen LogP contribution is 2.68. The Labute approximate surface area is 216 Å².